The van der Waals surface area contributed by atoms with Crippen LogP contribution in [0.15, 0.2) is 35.5 Å². The molecule has 0 radical (unpaired) electrons. The number of rotatable bonds is 10. The molecule has 0 aliphatic rings. The summed E-state index contributed by atoms with van der Waals surface area (Å²) in [4.78, 5) is 10.0. The lowest BCUT2D eigenvalue weighted by molar-refractivity contribution is 0.172. The van der Waals surface area contributed by atoms with Gasteiger partial charge in [-0.15, -0.1) is 11.3 Å². The fraction of sp³-hybridized carbons (Fsp3) is 0.474. The highest BCUT2D eigenvalue weighted by molar-refractivity contribution is 7.11. The van der Waals surface area contributed by atoms with E-state index in [0.717, 1.165) is 48.2 Å². The van der Waals surface area contributed by atoms with Gasteiger partial charge in [0.05, 0.1) is 11.6 Å². The second-order valence-corrected chi connectivity index (χ2v) is 6.87. The Morgan fingerprint density at radius 1 is 1.31 bits per heavy atom. The number of aliphatic imine (C=N–C) groups is 1. The summed E-state index contributed by atoms with van der Waals surface area (Å²) in [6, 6.07) is 7.86. The number of aromatic nitrogens is 1. The molecule has 0 amide bonds. The Kier molecular flexibility index (Phi) is 8.92. The van der Waals surface area contributed by atoms with Gasteiger partial charge in [0.2, 0.25) is 0 Å². The third kappa shape index (κ3) is 7.01. The first-order valence-electron chi connectivity index (χ1n) is 8.88. The smallest absolute Gasteiger partial charge is 0.195 e. The molecule has 0 fully saturated rings. The summed E-state index contributed by atoms with van der Waals surface area (Å²) in [6.07, 6.45) is 4.76. The molecular formula is C19H28N4O2S. The number of guanidine groups is 1. The molecule has 0 saturated carbocycles. The van der Waals surface area contributed by atoms with Crippen LogP contribution in [0.1, 0.15) is 23.2 Å². The molecule has 0 saturated heterocycles. The van der Waals surface area contributed by atoms with Gasteiger partial charge in [-0.2, -0.15) is 0 Å². The lowest BCUT2D eigenvalue weighted by atomic mass is 10.3. The number of thiazole rings is 1. The van der Waals surface area contributed by atoms with Crippen LogP contribution in [0.3, 0.4) is 0 Å². The van der Waals surface area contributed by atoms with Crippen LogP contribution in [0.25, 0.3) is 0 Å². The number of hydrogen-bond acceptors (Lipinski definition) is 5. The van der Waals surface area contributed by atoms with E-state index >= 15 is 0 Å². The zero-order chi connectivity index (χ0) is 18.6. The van der Waals surface area contributed by atoms with E-state index in [9.17, 15) is 0 Å². The van der Waals surface area contributed by atoms with Crippen molar-refractivity contribution in [3.05, 3.63) is 40.3 Å². The molecule has 1 heterocycles. The van der Waals surface area contributed by atoms with E-state index in [4.69, 9.17) is 9.47 Å². The monoisotopic (exact) mass is 376 g/mol. The van der Waals surface area contributed by atoms with Crippen LogP contribution in [0, 0.1) is 0 Å². The van der Waals surface area contributed by atoms with Crippen molar-refractivity contribution in [1.82, 2.24) is 10.3 Å². The van der Waals surface area contributed by atoms with Crippen LogP contribution in [0.5, 0.6) is 5.75 Å². The van der Waals surface area contributed by atoms with Crippen molar-refractivity contribution >= 4 is 23.0 Å². The minimum Gasteiger partial charge on any atom is -0.493 e. The highest BCUT2D eigenvalue weighted by atomic mass is 32.1. The van der Waals surface area contributed by atoms with E-state index in [1.807, 2.05) is 30.5 Å². The van der Waals surface area contributed by atoms with Crippen LogP contribution >= 0.6 is 11.3 Å². The predicted octanol–water partition coefficient (Wildman–Crippen LogP) is 3.35. The number of hydrogen-bond donors (Lipinski definition) is 2. The first-order chi connectivity index (χ1) is 12.7. The molecule has 0 atom stereocenters. The van der Waals surface area contributed by atoms with Gasteiger partial charge in [0.1, 0.15) is 5.75 Å². The first kappa shape index (κ1) is 20.2. The standard InChI is InChI=1S/C19H28N4O2S/c1-4-17-14-22-18(26-17)9-10-21-19(20-2)23-15-7-5-8-16(13-15)25-12-6-11-24-3/h5,7-8,13-14H,4,6,9-12H2,1-3H3,(H2,20,21,23). The Balaban J connectivity index is 1.79. The largest absolute Gasteiger partial charge is 0.493 e. The van der Waals surface area contributed by atoms with E-state index in [2.05, 4.69) is 27.5 Å². The van der Waals surface area contributed by atoms with Gasteiger partial charge in [-0.05, 0) is 18.6 Å². The van der Waals surface area contributed by atoms with E-state index in [0.29, 0.717) is 13.2 Å². The zero-order valence-corrected chi connectivity index (χ0v) is 16.6. The Morgan fingerprint density at radius 2 is 2.19 bits per heavy atom. The quantitative estimate of drug-likeness (QED) is 0.378. The molecule has 2 aromatic rings. The summed E-state index contributed by atoms with van der Waals surface area (Å²) in [5.41, 5.74) is 0.935. The van der Waals surface area contributed by atoms with Crippen LogP contribution < -0.4 is 15.4 Å². The maximum absolute atomic E-state index is 5.73. The minimum atomic E-state index is 0.637. The van der Waals surface area contributed by atoms with Gasteiger partial charge in [0.25, 0.3) is 0 Å². The minimum absolute atomic E-state index is 0.637. The van der Waals surface area contributed by atoms with Gasteiger partial charge in [0, 0.05) is 63.0 Å². The third-order valence-electron chi connectivity index (χ3n) is 3.66. The Hall–Kier alpha value is -2.12. The molecule has 142 valence electrons. The maximum Gasteiger partial charge on any atom is 0.195 e. The van der Waals surface area contributed by atoms with Gasteiger partial charge < -0.3 is 20.1 Å². The van der Waals surface area contributed by atoms with E-state index in [1.54, 1.807) is 25.5 Å². The van der Waals surface area contributed by atoms with Crippen LogP contribution in [-0.4, -0.2) is 44.9 Å². The molecular weight excluding hydrogens is 348 g/mol. The lowest BCUT2D eigenvalue weighted by Gasteiger charge is -2.13. The molecule has 7 heteroatoms. The van der Waals surface area contributed by atoms with Crippen molar-refractivity contribution in [2.45, 2.75) is 26.2 Å². The Bertz CT molecular complexity index is 688. The summed E-state index contributed by atoms with van der Waals surface area (Å²) in [6.45, 7) is 4.27. The maximum atomic E-state index is 5.73. The molecule has 0 unspecified atom stereocenters. The summed E-state index contributed by atoms with van der Waals surface area (Å²) >= 11 is 1.77. The van der Waals surface area contributed by atoms with Crippen molar-refractivity contribution in [1.29, 1.82) is 0 Å². The summed E-state index contributed by atoms with van der Waals surface area (Å²) in [5, 5.41) is 7.76. The topological polar surface area (TPSA) is 67.8 Å². The normalized spacial score (nSPS) is 11.4. The van der Waals surface area contributed by atoms with Crippen molar-refractivity contribution in [3.8, 4) is 5.75 Å². The van der Waals surface area contributed by atoms with Gasteiger partial charge in [-0.3, -0.25) is 4.99 Å². The average Bonchev–Trinajstić information content (AvgIpc) is 3.13. The molecule has 0 aliphatic heterocycles. The molecule has 26 heavy (non-hydrogen) atoms. The number of ether oxygens (including phenoxy) is 2. The SMILES string of the molecule is CCc1cnc(CCNC(=NC)Nc2cccc(OCCCOC)c2)s1. The number of benzene rings is 1. The molecule has 6 nitrogen and oxygen atoms in total. The summed E-state index contributed by atoms with van der Waals surface area (Å²) in [5.74, 6) is 1.56. The summed E-state index contributed by atoms with van der Waals surface area (Å²) < 4.78 is 10.8. The molecule has 2 rings (SSSR count). The highest BCUT2D eigenvalue weighted by Gasteiger charge is 2.04. The van der Waals surface area contributed by atoms with Crippen molar-refractivity contribution in [2.24, 2.45) is 4.99 Å². The average molecular weight is 377 g/mol. The number of nitrogens with one attached hydrogen (secondary N) is 2. The Labute approximate surface area is 159 Å². The fourth-order valence-corrected chi connectivity index (χ4v) is 3.15. The predicted molar refractivity (Wildman–Crippen MR) is 109 cm³/mol. The lowest BCUT2D eigenvalue weighted by Crippen LogP contribution is -2.32. The fourth-order valence-electron chi connectivity index (χ4n) is 2.29. The van der Waals surface area contributed by atoms with Gasteiger partial charge >= 0.3 is 0 Å². The van der Waals surface area contributed by atoms with E-state index in [1.165, 1.54) is 4.88 Å². The molecule has 0 aliphatic carbocycles. The van der Waals surface area contributed by atoms with Gasteiger partial charge in [0.15, 0.2) is 5.96 Å². The van der Waals surface area contributed by atoms with Crippen LogP contribution in [-0.2, 0) is 17.6 Å². The van der Waals surface area contributed by atoms with Crippen LogP contribution in [0.4, 0.5) is 5.69 Å². The molecule has 1 aromatic carbocycles. The molecule has 0 spiro atoms. The Morgan fingerprint density at radius 3 is 2.92 bits per heavy atom. The van der Waals surface area contributed by atoms with E-state index in [-0.39, 0.29) is 0 Å². The number of nitrogens with zero attached hydrogens (tertiary/aromatic N) is 2. The van der Waals surface area contributed by atoms with Crippen molar-refractivity contribution < 1.29 is 9.47 Å². The van der Waals surface area contributed by atoms with Crippen molar-refractivity contribution in [3.63, 3.8) is 0 Å². The van der Waals surface area contributed by atoms with Crippen molar-refractivity contribution in [2.75, 3.05) is 39.2 Å². The second-order valence-electron chi connectivity index (χ2n) is 5.67. The third-order valence-corrected chi connectivity index (χ3v) is 4.86. The first-order valence-corrected chi connectivity index (χ1v) is 9.69. The van der Waals surface area contributed by atoms with Gasteiger partial charge in [-0.1, -0.05) is 13.0 Å². The number of anilines is 1. The highest BCUT2D eigenvalue weighted by Crippen LogP contribution is 2.17. The van der Waals surface area contributed by atoms with E-state index < -0.39 is 0 Å². The molecule has 1 aromatic heterocycles. The number of methoxy groups -OCH3 is 1. The zero-order valence-electron chi connectivity index (χ0n) is 15.7. The molecule has 2 N–H and O–H groups in total. The van der Waals surface area contributed by atoms with Crippen LogP contribution in [0.2, 0.25) is 0 Å². The number of aryl methyl sites for hydroxylation is 1. The second kappa shape index (κ2) is 11.5. The van der Waals surface area contributed by atoms with Gasteiger partial charge in [-0.25, -0.2) is 4.98 Å². The molecule has 0 bridgehead atoms. The summed E-state index contributed by atoms with van der Waals surface area (Å²) in [7, 11) is 3.46.